The Morgan fingerprint density at radius 2 is 1.81 bits per heavy atom. The van der Waals surface area contributed by atoms with E-state index in [0.29, 0.717) is 12.0 Å². The Kier molecular flexibility index (Phi) is 3.10. The van der Waals surface area contributed by atoms with E-state index in [2.05, 4.69) is 9.97 Å². The molecule has 0 unspecified atom stereocenters. The van der Waals surface area contributed by atoms with Crippen molar-refractivity contribution in [1.82, 2.24) is 9.97 Å². The molecule has 1 aromatic heterocycles. The number of aromatic nitrogens is 2. The van der Waals surface area contributed by atoms with Crippen molar-refractivity contribution in [3.05, 3.63) is 74.1 Å². The maximum atomic E-state index is 11.8. The Balaban J connectivity index is 2.19. The van der Waals surface area contributed by atoms with E-state index in [1.165, 1.54) is 6.20 Å². The van der Waals surface area contributed by atoms with Crippen molar-refractivity contribution < 1.29 is 0 Å². The summed E-state index contributed by atoms with van der Waals surface area (Å²) in [6.07, 6.45) is 1.90. The molecule has 3 rings (SSSR count). The van der Waals surface area contributed by atoms with Crippen LogP contribution in [-0.4, -0.2) is 9.97 Å². The summed E-state index contributed by atoms with van der Waals surface area (Å²) in [5.41, 5.74) is 8.51. The molecule has 0 fully saturated rings. The molecular weight excluding hydrogens is 266 g/mol. The van der Waals surface area contributed by atoms with E-state index < -0.39 is 5.69 Å². The number of aryl methyl sites for hydroxylation is 1. The normalized spacial score (nSPS) is 10.9. The number of aromatic amines is 2. The molecule has 0 saturated heterocycles. The van der Waals surface area contributed by atoms with Gasteiger partial charge in [0, 0.05) is 29.3 Å². The zero-order valence-electron chi connectivity index (χ0n) is 11.6. The van der Waals surface area contributed by atoms with Gasteiger partial charge in [-0.1, -0.05) is 30.3 Å². The van der Waals surface area contributed by atoms with E-state index in [0.717, 1.165) is 27.6 Å². The van der Waals surface area contributed by atoms with Gasteiger partial charge in [0.1, 0.15) is 0 Å². The molecule has 0 radical (unpaired) electrons. The molecule has 0 bridgehead atoms. The highest BCUT2D eigenvalue weighted by atomic mass is 16.2. The Hall–Kier alpha value is -2.82. The van der Waals surface area contributed by atoms with E-state index in [-0.39, 0.29) is 5.56 Å². The van der Waals surface area contributed by atoms with Gasteiger partial charge in [0.05, 0.1) is 0 Å². The van der Waals surface area contributed by atoms with Crippen molar-refractivity contribution >= 4 is 16.5 Å². The van der Waals surface area contributed by atoms with E-state index >= 15 is 0 Å². The summed E-state index contributed by atoms with van der Waals surface area (Å²) in [4.78, 5) is 27.7. The van der Waals surface area contributed by atoms with E-state index in [9.17, 15) is 9.59 Å². The lowest BCUT2D eigenvalue weighted by molar-refractivity contribution is 0.977. The van der Waals surface area contributed by atoms with Crippen molar-refractivity contribution in [2.24, 2.45) is 0 Å². The number of nitrogens with two attached hydrogens (primary N) is 1. The number of nitrogen functional groups attached to an aromatic ring is 1. The first-order valence-corrected chi connectivity index (χ1v) is 6.64. The van der Waals surface area contributed by atoms with Crippen LogP contribution in [0.1, 0.15) is 16.7 Å². The molecule has 0 aliphatic rings. The second kappa shape index (κ2) is 4.94. The monoisotopic (exact) mass is 281 g/mol. The van der Waals surface area contributed by atoms with Crippen LogP contribution in [0.3, 0.4) is 0 Å². The summed E-state index contributed by atoms with van der Waals surface area (Å²) in [6.45, 7) is 1.95. The lowest BCUT2D eigenvalue weighted by atomic mass is 9.95. The highest BCUT2D eigenvalue weighted by Crippen LogP contribution is 2.28. The Labute approximate surface area is 120 Å². The summed E-state index contributed by atoms with van der Waals surface area (Å²) in [5, 5.41) is 2.00. The van der Waals surface area contributed by atoms with Gasteiger partial charge >= 0.3 is 5.69 Å². The molecule has 3 aromatic rings. The fourth-order valence-corrected chi connectivity index (χ4v) is 2.55. The van der Waals surface area contributed by atoms with Gasteiger partial charge in [0.25, 0.3) is 5.56 Å². The van der Waals surface area contributed by atoms with Crippen LogP contribution >= 0.6 is 0 Å². The van der Waals surface area contributed by atoms with Crippen LogP contribution in [0.15, 0.2) is 46.1 Å². The minimum absolute atomic E-state index is 0.364. The van der Waals surface area contributed by atoms with Gasteiger partial charge in [-0.25, -0.2) is 4.79 Å². The molecule has 2 aromatic carbocycles. The third kappa shape index (κ3) is 2.33. The Morgan fingerprint density at radius 3 is 2.52 bits per heavy atom. The van der Waals surface area contributed by atoms with Gasteiger partial charge in [0.15, 0.2) is 0 Å². The lowest BCUT2D eigenvalue weighted by Crippen LogP contribution is -2.24. The van der Waals surface area contributed by atoms with Crippen LogP contribution in [-0.2, 0) is 6.42 Å². The van der Waals surface area contributed by atoms with Crippen molar-refractivity contribution in [3.63, 3.8) is 0 Å². The predicted octanol–water partition coefficient (Wildman–Crippen LogP) is 1.70. The number of H-pyrrole nitrogens is 2. The van der Waals surface area contributed by atoms with Crippen LogP contribution in [0.4, 0.5) is 5.69 Å². The van der Waals surface area contributed by atoms with E-state index in [1.807, 2.05) is 37.3 Å². The summed E-state index contributed by atoms with van der Waals surface area (Å²) < 4.78 is 0. The molecule has 0 amide bonds. The molecule has 5 heteroatoms. The Morgan fingerprint density at radius 1 is 1.10 bits per heavy atom. The van der Waals surface area contributed by atoms with Crippen molar-refractivity contribution in [1.29, 1.82) is 0 Å². The predicted molar refractivity (Wildman–Crippen MR) is 83.6 cm³/mol. The minimum atomic E-state index is -0.498. The third-order valence-corrected chi connectivity index (χ3v) is 3.66. The maximum absolute atomic E-state index is 11.8. The second-order valence-corrected chi connectivity index (χ2v) is 5.09. The quantitative estimate of drug-likeness (QED) is 0.624. The largest absolute Gasteiger partial charge is 0.398 e. The molecule has 0 spiro atoms. The molecule has 1 heterocycles. The fraction of sp³-hybridized carbons (Fsp3) is 0.125. The first-order valence-electron chi connectivity index (χ1n) is 6.64. The number of hydrogen-bond donors (Lipinski definition) is 3. The summed E-state index contributed by atoms with van der Waals surface area (Å²) >= 11 is 0. The van der Waals surface area contributed by atoms with Crippen LogP contribution in [0.25, 0.3) is 10.8 Å². The first kappa shape index (κ1) is 13.2. The molecule has 0 aliphatic carbocycles. The molecule has 21 heavy (non-hydrogen) atoms. The van der Waals surface area contributed by atoms with E-state index in [4.69, 9.17) is 5.73 Å². The number of nitrogens with one attached hydrogen (secondary N) is 2. The molecule has 4 N–H and O–H groups in total. The molecule has 0 atom stereocenters. The number of benzene rings is 2. The number of fused-ring (bicyclic) bond motifs is 1. The van der Waals surface area contributed by atoms with Crippen LogP contribution in [0, 0.1) is 6.92 Å². The highest BCUT2D eigenvalue weighted by molar-refractivity contribution is 5.96. The molecule has 106 valence electrons. The van der Waals surface area contributed by atoms with Crippen LogP contribution in [0.2, 0.25) is 0 Å². The third-order valence-electron chi connectivity index (χ3n) is 3.66. The van der Waals surface area contributed by atoms with Crippen molar-refractivity contribution in [2.75, 3.05) is 5.73 Å². The molecule has 0 aliphatic heterocycles. The number of anilines is 1. The Bertz CT molecular complexity index is 938. The second-order valence-electron chi connectivity index (χ2n) is 5.09. The van der Waals surface area contributed by atoms with Gasteiger partial charge in [-0.15, -0.1) is 0 Å². The molecule has 5 nitrogen and oxygen atoms in total. The zero-order chi connectivity index (χ0) is 15.0. The zero-order valence-corrected chi connectivity index (χ0v) is 11.6. The molecule has 0 saturated carbocycles. The standard InChI is InChI=1S/C16H15N3O2/c1-9-6-10(7-11-8-18-16(21)19-15(11)20)12-4-2-3-5-13(12)14(9)17/h2-6,8H,7,17H2,1H3,(H2,18,19,20,21). The van der Waals surface area contributed by atoms with Gasteiger partial charge < -0.3 is 10.7 Å². The van der Waals surface area contributed by atoms with Gasteiger partial charge in [-0.3, -0.25) is 9.78 Å². The number of rotatable bonds is 2. The average Bonchev–Trinajstić information content (AvgIpc) is 2.47. The van der Waals surface area contributed by atoms with E-state index in [1.54, 1.807) is 0 Å². The van der Waals surface area contributed by atoms with Gasteiger partial charge in [0.2, 0.25) is 0 Å². The smallest absolute Gasteiger partial charge is 0.325 e. The van der Waals surface area contributed by atoms with Crippen LogP contribution in [0.5, 0.6) is 0 Å². The maximum Gasteiger partial charge on any atom is 0.325 e. The van der Waals surface area contributed by atoms with Gasteiger partial charge in [-0.05, 0) is 23.4 Å². The summed E-state index contributed by atoms with van der Waals surface area (Å²) in [5.74, 6) is 0. The molecular formula is C16H15N3O2. The SMILES string of the molecule is Cc1cc(Cc2c[nH]c(=O)[nH]c2=O)c2ccccc2c1N. The minimum Gasteiger partial charge on any atom is -0.398 e. The van der Waals surface area contributed by atoms with Crippen molar-refractivity contribution in [3.8, 4) is 0 Å². The van der Waals surface area contributed by atoms with Crippen molar-refractivity contribution in [2.45, 2.75) is 13.3 Å². The lowest BCUT2D eigenvalue weighted by Gasteiger charge is -2.11. The number of hydrogen-bond acceptors (Lipinski definition) is 3. The van der Waals surface area contributed by atoms with Crippen LogP contribution < -0.4 is 17.0 Å². The highest BCUT2D eigenvalue weighted by Gasteiger charge is 2.09. The first-order chi connectivity index (χ1) is 10.1. The van der Waals surface area contributed by atoms with Gasteiger partial charge in [-0.2, -0.15) is 0 Å². The summed E-state index contributed by atoms with van der Waals surface area (Å²) in [7, 11) is 0. The topological polar surface area (TPSA) is 91.7 Å². The fourth-order valence-electron chi connectivity index (χ4n) is 2.55. The average molecular weight is 281 g/mol. The summed E-state index contributed by atoms with van der Waals surface area (Å²) in [6, 6.07) is 9.83.